The molecule has 4 heterocycles. The third-order valence-corrected chi connectivity index (χ3v) is 11.8. The first-order valence-corrected chi connectivity index (χ1v) is 18.7. The molecule has 0 amide bonds. The van der Waals surface area contributed by atoms with Gasteiger partial charge in [0.25, 0.3) is 0 Å². The normalized spacial score (nSPS) is 13.4. The molecule has 258 valence electrons. The second kappa shape index (κ2) is 10.9. The van der Waals surface area contributed by atoms with Crippen LogP contribution in [0.3, 0.4) is 0 Å². The van der Waals surface area contributed by atoms with E-state index in [4.69, 9.17) is 19.9 Å². The van der Waals surface area contributed by atoms with Crippen molar-refractivity contribution in [1.29, 1.82) is 0 Å². The lowest BCUT2D eigenvalue weighted by Gasteiger charge is -2.22. The molecule has 0 N–H and O–H groups in total. The van der Waals surface area contributed by atoms with Gasteiger partial charge in [-0.2, -0.15) is 0 Å². The average Bonchev–Trinajstić information content (AvgIpc) is 3.81. The van der Waals surface area contributed by atoms with Gasteiger partial charge in [0.05, 0.1) is 50.3 Å². The van der Waals surface area contributed by atoms with Crippen molar-refractivity contribution in [2.45, 2.75) is 19.3 Å². The first kappa shape index (κ1) is 30.3. The van der Waals surface area contributed by atoms with Crippen LogP contribution in [0.4, 0.5) is 0 Å². The lowest BCUT2D eigenvalue weighted by molar-refractivity contribution is 0.660. The van der Waals surface area contributed by atoms with Gasteiger partial charge in [-0.1, -0.05) is 111 Å². The SMILES string of the molecule is CC1(C)c2ccccc2-c2ccc(-c3nc4ccccc4nc3-n3c4ccccc4c4cc5c(cc43)c3ccccc3n5-c3cnc4ccccc4n3)cc21. The number of rotatable bonds is 3. The van der Waals surface area contributed by atoms with Gasteiger partial charge < -0.3 is 0 Å². The molecule has 6 nitrogen and oxygen atoms in total. The van der Waals surface area contributed by atoms with Crippen molar-refractivity contribution in [3.05, 3.63) is 169 Å². The van der Waals surface area contributed by atoms with E-state index in [2.05, 4.69) is 138 Å². The van der Waals surface area contributed by atoms with E-state index in [9.17, 15) is 0 Å². The monoisotopic (exact) mass is 704 g/mol. The number of para-hydroxylation sites is 6. The molecule has 4 aromatic heterocycles. The molecule has 0 saturated heterocycles. The highest BCUT2D eigenvalue weighted by atomic mass is 15.1. The van der Waals surface area contributed by atoms with E-state index in [0.717, 1.165) is 88.6 Å². The summed E-state index contributed by atoms with van der Waals surface area (Å²) in [4.78, 5) is 20.8. The van der Waals surface area contributed by atoms with Crippen LogP contribution in [-0.2, 0) is 5.41 Å². The molecule has 0 fully saturated rings. The Morgan fingerprint density at radius 1 is 0.436 bits per heavy atom. The minimum absolute atomic E-state index is 0.144. The van der Waals surface area contributed by atoms with Gasteiger partial charge in [-0.3, -0.25) is 14.1 Å². The van der Waals surface area contributed by atoms with Gasteiger partial charge in [-0.05, 0) is 76.9 Å². The van der Waals surface area contributed by atoms with Gasteiger partial charge in [0.2, 0.25) is 0 Å². The highest BCUT2D eigenvalue weighted by molar-refractivity contribution is 6.19. The molecular weight excluding hydrogens is 673 g/mol. The highest BCUT2D eigenvalue weighted by Gasteiger charge is 2.35. The van der Waals surface area contributed by atoms with Gasteiger partial charge in [0.1, 0.15) is 5.69 Å². The predicted molar refractivity (Wildman–Crippen MR) is 224 cm³/mol. The molecule has 55 heavy (non-hydrogen) atoms. The summed E-state index contributed by atoms with van der Waals surface area (Å²) in [5.41, 5.74) is 14.8. The van der Waals surface area contributed by atoms with Crippen molar-refractivity contribution in [2.24, 2.45) is 0 Å². The zero-order valence-corrected chi connectivity index (χ0v) is 30.2. The van der Waals surface area contributed by atoms with Crippen molar-refractivity contribution in [3.8, 4) is 34.0 Å². The molecule has 0 saturated carbocycles. The lowest BCUT2D eigenvalue weighted by Crippen LogP contribution is -2.15. The minimum atomic E-state index is -0.144. The summed E-state index contributed by atoms with van der Waals surface area (Å²) >= 11 is 0. The first-order valence-electron chi connectivity index (χ1n) is 18.7. The summed E-state index contributed by atoms with van der Waals surface area (Å²) in [6, 6.07) is 53.7. The number of hydrogen-bond acceptors (Lipinski definition) is 4. The zero-order valence-electron chi connectivity index (χ0n) is 30.2. The Labute approximate surface area is 316 Å². The van der Waals surface area contributed by atoms with Crippen molar-refractivity contribution in [1.82, 2.24) is 29.1 Å². The summed E-state index contributed by atoms with van der Waals surface area (Å²) < 4.78 is 4.58. The Kier molecular flexibility index (Phi) is 6.02. The third kappa shape index (κ3) is 4.19. The van der Waals surface area contributed by atoms with Crippen molar-refractivity contribution in [3.63, 3.8) is 0 Å². The van der Waals surface area contributed by atoms with Crippen LogP contribution in [0, 0.1) is 0 Å². The van der Waals surface area contributed by atoms with Crippen LogP contribution in [-0.4, -0.2) is 29.1 Å². The Morgan fingerprint density at radius 3 is 1.75 bits per heavy atom. The maximum Gasteiger partial charge on any atom is 0.165 e. The van der Waals surface area contributed by atoms with Gasteiger partial charge in [0.15, 0.2) is 11.6 Å². The molecule has 0 aliphatic heterocycles. The minimum Gasteiger partial charge on any atom is -0.292 e. The van der Waals surface area contributed by atoms with Gasteiger partial charge in [0, 0.05) is 32.5 Å². The quantitative estimate of drug-likeness (QED) is 0.184. The van der Waals surface area contributed by atoms with Crippen LogP contribution in [0.2, 0.25) is 0 Å². The topological polar surface area (TPSA) is 61.4 Å². The smallest absolute Gasteiger partial charge is 0.165 e. The Hall–Kier alpha value is -7.18. The largest absolute Gasteiger partial charge is 0.292 e. The van der Waals surface area contributed by atoms with Crippen molar-refractivity contribution >= 4 is 65.7 Å². The van der Waals surface area contributed by atoms with Crippen LogP contribution >= 0.6 is 0 Å². The number of benzene rings is 7. The standard InChI is InChI=1S/C49H32N6/c1-49(2)36-16-6-3-13-30(36)31-24-23-29(25-37(31)49)47-48(53-41-20-10-9-19-40(41)52-47)55-43-22-12-5-15-33(43)35-26-44-34(27-45(35)55)32-14-4-11-21-42(32)54(44)46-28-50-38-17-7-8-18-39(38)51-46/h3-28H,1-2H3. The summed E-state index contributed by atoms with van der Waals surface area (Å²) in [6.45, 7) is 4.65. The van der Waals surface area contributed by atoms with E-state index in [1.165, 1.54) is 22.3 Å². The molecule has 6 heteroatoms. The number of aromatic nitrogens is 6. The molecule has 11 aromatic rings. The van der Waals surface area contributed by atoms with Crippen LogP contribution in [0.25, 0.3) is 99.7 Å². The van der Waals surface area contributed by atoms with Crippen molar-refractivity contribution in [2.75, 3.05) is 0 Å². The molecule has 0 radical (unpaired) electrons. The summed E-state index contributed by atoms with van der Waals surface area (Å²) in [7, 11) is 0. The molecule has 12 rings (SSSR count). The van der Waals surface area contributed by atoms with Crippen LogP contribution in [0.15, 0.2) is 158 Å². The molecule has 0 bridgehead atoms. The Bertz CT molecular complexity index is 3420. The van der Waals surface area contributed by atoms with E-state index in [-0.39, 0.29) is 5.41 Å². The van der Waals surface area contributed by atoms with E-state index < -0.39 is 0 Å². The Morgan fingerprint density at radius 2 is 1.00 bits per heavy atom. The second-order valence-electron chi connectivity index (χ2n) is 15.1. The summed E-state index contributed by atoms with van der Waals surface area (Å²) in [5, 5.41) is 4.56. The number of hydrogen-bond donors (Lipinski definition) is 0. The molecule has 0 unspecified atom stereocenters. The van der Waals surface area contributed by atoms with E-state index in [1.807, 2.05) is 42.6 Å². The highest BCUT2D eigenvalue weighted by Crippen LogP contribution is 2.50. The maximum absolute atomic E-state index is 5.46. The molecular formula is C49H32N6. The van der Waals surface area contributed by atoms with E-state index in [0.29, 0.717) is 0 Å². The number of fused-ring (bicyclic) bond motifs is 11. The van der Waals surface area contributed by atoms with Crippen molar-refractivity contribution < 1.29 is 0 Å². The fourth-order valence-corrected chi connectivity index (χ4v) is 9.15. The zero-order chi connectivity index (χ0) is 36.4. The maximum atomic E-state index is 5.46. The van der Waals surface area contributed by atoms with Crippen LogP contribution in [0.1, 0.15) is 25.0 Å². The van der Waals surface area contributed by atoms with E-state index in [1.54, 1.807) is 0 Å². The fraction of sp³-hybridized carbons (Fsp3) is 0.0612. The van der Waals surface area contributed by atoms with Gasteiger partial charge in [-0.25, -0.2) is 15.0 Å². The van der Waals surface area contributed by atoms with Crippen LogP contribution in [0.5, 0.6) is 0 Å². The van der Waals surface area contributed by atoms with E-state index >= 15 is 0 Å². The second-order valence-corrected chi connectivity index (χ2v) is 15.1. The molecule has 0 spiro atoms. The average molecular weight is 705 g/mol. The summed E-state index contributed by atoms with van der Waals surface area (Å²) in [6.07, 6.45) is 1.88. The van der Waals surface area contributed by atoms with Gasteiger partial charge >= 0.3 is 0 Å². The fourth-order valence-electron chi connectivity index (χ4n) is 9.15. The first-order chi connectivity index (χ1) is 27.0. The Balaban J connectivity index is 1.16. The molecule has 1 aliphatic carbocycles. The number of nitrogens with zero attached hydrogens (tertiary/aromatic N) is 6. The molecule has 0 atom stereocenters. The predicted octanol–water partition coefficient (Wildman–Crippen LogP) is 11.7. The summed E-state index contributed by atoms with van der Waals surface area (Å²) in [5.74, 6) is 1.60. The van der Waals surface area contributed by atoms with Gasteiger partial charge in [-0.15, -0.1) is 0 Å². The molecule has 1 aliphatic rings. The lowest BCUT2D eigenvalue weighted by atomic mass is 9.82. The van der Waals surface area contributed by atoms with Crippen LogP contribution < -0.4 is 0 Å². The third-order valence-electron chi connectivity index (χ3n) is 11.8. The molecule has 7 aromatic carbocycles.